The summed E-state index contributed by atoms with van der Waals surface area (Å²) in [6.07, 6.45) is 7.95. The summed E-state index contributed by atoms with van der Waals surface area (Å²) in [5.41, 5.74) is 5.67. The van der Waals surface area contributed by atoms with Crippen LogP contribution in [0.2, 0.25) is 0 Å². The summed E-state index contributed by atoms with van der Waals surface area (Å²) in [4.78, 5) is 19.3. The number of carbonyl (C=O) groups is 1. The molecule has 1 fully saturated rings. The number of aromatic nitrogens is 1. The molecule has 2 bridgehead atoms. The highest BCUT2D eigenvalue weighted by Gasteiger charge is 2.38. The molecule has 3 aromatic rings. The zero-order valence-electron chi connectivity index (χ0n) is 17.5. The Morgan fingerprint density at radius 2 is 1.71 bits per heavy atom. The largest absolute Gasteiger partial charge is 0.445 e. The van der Waals surface area contributed by atoms with Crippen molar-refractivity contribution in [1.82, 2.24) is 9.88 Å². The first-order valence-corrected chi connectivity index (χ1v) is 11.0. The molecule has 4 heteroatoms. The van der Waals surface area contributed by atoms with Crippen molar-refractivity contribution in [2.75, 3.05) is 0 Å². The van der Waals surface area contributed by atoms with Gasteiger partial charge in [-0.1, -0.05) is 66.7 Å². The summed E-state index contributed by atoms with van der Waals surface area (Å²) >= 11 is 0. The normalized spacial score (nSPS) is 20.1. The van der Waals surface area contributed by atoms with Crippen LogP contribution >= 0.6 is 0 Å². The van der Waals surface area contributed by atoms with Crippen LogP contribution in [0, 0.1) is 0 Å². The van der Waals surface area contributed by atoms with E-state index in [2.05, 4.69) is 35.3 Å². The van der Waals surface area contributed by atoms with E-state index in [0.717, 1.165) is 42.5 Å². The fraction of sp³-hybridized carbons (Fsp3) is 0.259. The maximum atomic E-state index is 12.9. The van der Waals surface area contributed by atoms with Crippen molar-refractivity contribution >= 4 is 11.7 Å². The number of hydrogen-bond acceptors (Lipinski definition) is 3. The maximum absolute atomic E-state index is 12.9. The van der Waals surface area contributed by atoms with Crippen molar-refractivity contribution in [1.29, 1.82) is 0 Å². The highest BCUT2D eigenvalue weighted by Crippen LogP contribution is 2.38. The Bertz CT molecular complexity index is 1060. The quantitative estimate of drug-likeness (QED) is 0.522. The number of ether oxygens (including phenoxy) is 1. The first-order valence-electron chi connectivity index (χ1n) is 11.0. The Balaban J connectivity index is 1.31. The van der Waals surface area contributed by atoms with Gasteiger partial charge >= 0.3 is 6.09 Å². The van der Waals surface area contributed by atoms with Gasteiger partial charge < -0.3 is 4.74 Å². The predicted octanol–water partition coefficient (Wildman–Crippen LogP) is 6.10. The molecule has 156 valence electrons. The van der Waals surface area contributed by atoms with E-state index in [0.29, 0.717) is 6.61 Å². The number of carbonyl (C=O) groups excluding carboxylic acids is 1. The molecule has 0 saturated carbocycles. The van der Waals surface area contributed by atoms with Crippen LogP contribution < -0.4 is 0 Å². The van der Waals surface area contributed by atoms with E-state index in [1.54, 1.807) is 0 Å². The summed E-state index contributed by atoms with van der Waals surface area (Å²) in [6, 6.07) is 24.8. The van der Waals surface area contributed by atoms with E-state index in [4.69, 9.17) is 4.74 Å². The molecule has 5 rings (SSSR count). The minimum Gasteiger partial charge on any atom is -0.445 e. The summed E-state index contributed by atoms with van der Waals surface area (Å²) in [5.74, 6) is 0. The van der Waals surface area contributed by atoms with Gasteiger partial charge in [-0.2, -0.15) is 0 Å². The number of nitrogens with zero attached hydrogens (tertiary/aromatic N) is 2. The molecule has 1 saturated heterocycles. The molecule has 2 aliphatic heterocycles. The zero-order valence-corrected chi connectivity index (χ0v) is 17.5. The van der Waals surface area contributed by atoms with Crippen molar-refractivity contribution in [3.05, 3.63) is 96.2 Å². The summed E-state index contributed by atoms with van der Waals surface area (Å²) in [6.45, 7) is 0.321. The SMILES string of the molecule is O=C(OCc1ccccc1)N1C2C=C(c3ccc(-c4ccccn4)cc3)CC1CCC2. The first-order chi connectivity index (χ1) is 15.3. The molecular weight excluding hydrogens is 384 g/mol. The fourth-order valence-electron chi connectivity index (χ4n) is 4.71. The van der Waals surface area contributed by atoms with E-state index < -0.39 is 0 Å². The minimum atomic E-state index is -0.195. The van der Waals surface area contributed by atoms with Gasteiger partial charge in [0, 0.05) is 17.8 Å². The van der Waals surface area contributed by atoms with E-state index in [1.165, 1.54) is 11.1 Å². The lowest BCUT2D eigenvalue weighted by atomic mass is 9.83. The number of fused-ring (bicyclic) bond motifs is 2. The van der Waals surface area contributed by atoms with Gasteiger partial charge in [0.25, 0.3) is 0 Å². The number of amides is 1. The molecule has 0 radical (unpaired) electrons. The second-order valence-corrected chi connectivity index (χ2v) is 8.29. The standard InChI is InChI=1S/C27H26N2O2/c30-27(31-19-20-7-2-1-3-8-20)29-24-9-6-10-25(29)18-23(17-24)21-12-14-22(15-13-21)26-11-4-5-16-28-26/h1-5,7-8,11-17,24-25H,6,9-10,18-19H2. The van der Waals surface area contributed by atoms with E-state index in [-0.39, 0.29) is 18.2 Å². The zero-order chi connectivity index (χ0) is 21.0. The Labute approximate surface area is 183 Å². The van der Waals surface area contributed by atoms with Crippen LogP contribution in [0.5, 0.6) is 0 Å². The van der Waals surface area contributed by atoms with E-state index in [1.807, 2.05) is 59.6 Å². The Kier molecular flexibility index (Phi) is 5.53. The average molecular weight is 411 g/mol. The third-order valence-corrected chi connectivity index (χ3v) is 6.27. The van der Waals surface area contributed by atoms with Crippen LogP contribution in [0.1, 0.15) is 36.8 Å². The lowest BCUT2D eigenvalue weighted by Gasteiger charge is -2.44. The van der Waals surface area contributed by atoms with E-state index >= 15 is 0 Å². The van der Waals surface area contributed by atoms with Crippen molar-refractivity contribution in [3.8, 4) is 11.3 Å². The van der Waals surface area contributed by atoms with Crippen LogP contribution in [-0.4, -0.2) is 28.1 Å². The summed E-state index contributed by atoms with van der Waals surface area (Å²) in [5, 5.41) is 0. The monoisotopic (exact) mass is 410 g/mol. The van der Waals surface area contributed by atoms with Crippen LogP contribution in [0.3, 0.4) is 0 Å². The second kappa shape index (κ2) is 8.76. The lowest BCUT2D eigenvalue weighted by molar-refractivity contribution is 0.0510. The van der Waals surface area contributed by atoms with Gasteiger partial charge in [0.2, 0.25) is 0 Å². The van der Waals surface area contributed by atoms with Gasteiger partial charge in [-0.05, 0) is 54.5 Å². The van der Waals surface area contributed by atoms with Crippen molar-refractivity contribution in [2.24, 2.45) is 0 Å². The van der Waals surface area contributed by atoms with E-state index in [9.17, 15) is 4.79 Å². The van der Waals surface area contributed by atoms with Gasteiger partial charge in [0.15, 0.2) is 0 Å². The third kappa shape index (κ3) is 4.24. The minimum absolute atomic E-state index is 0.112. The highest BCUT2D eigenvalue weighted by atomic mass is 16.6. The topological polar surface area (TPSA) is 42.4 Å². The Morgan fingerprint density at radius 1 is 0.935 bits per heavy atom. The number of pyridine rings is 1. The van der Waals surface area contributed by atoms with Gasteiger partial charge in [0.1, 0.15) is 6.61 Å². The number of hydrogen-bond donors (Lipinski definition) is 0. The van der Waals surface area contributed by atoms with Crippen LogP contribution in [0.4, 0.5) is 4.79 Å². The molecule has 0 spiro atoms. The first kappa shape index (κ1) is 19.6. The smallest absolute Gasteiger partial charge is 0.410 e. The lowest BCUT2D eigenvalue weighted by Crippen LogP contribution is -2.51. The van der Waals surface area contributed by atoms with Crippen molar-refractivity contribution in [2.45, 2.75) is 44.4 Å². The molecule has 0 N–H and O–H groups in total. The molecule has 2 aliphatic rings. The van der Waals surface area contributed by atoms with Gasteiger partial charge in [-0.15, -0.1) is 0 Å². The van der Waals surface area contributed by atoms with Gasteiger partial charge in [-0.3, -0.25) is 9.88 Å². The molecule has 1 aromatic heterocycles. The highest BCUT2D eigenvalue weighted by molar-refractivity contribution is 5.75. The molecule has 0 aliphatic carbocycles. The summed E-state index contributed by atoms with van der Waals surface area (Å²) < 4.78 is 5.66. The third-order valence-electron chi connectivity index (χ3n) is 6.27. The maximum Gasteiger partial charge on any atom is 0.410 e. The van der Waals surface area contributed by atoms with Crippen molar-refractivity contribution in [3.63, 3.8) is 0 Å². The van der Waals surface area contributed by atoms with Crippen LogP contribution in [0.25, 0.3) is 16.8 Å². The van der Waals surface area contributed by atoms with Crippen LogP contribution in [-0.2, 0) is 11.3 Å². The molecular formula is C27H26N2O2. The second-order valence-electron chi connectivity index (χ2n) is 8.29. The molecule has 2 unspecified atom stereocenters. The van der Waals surface area contributed by atoms with Gasteiger partial charge in [-0.25, -0.2) is 4.79 Å². The number of piperidine rings is 1. The predicted molar refractivity (Wildman–Crippen MR) is 122 cm³/mol. The molecule has 2 atom stereocenters. The Hall–Kier alpha value is -3.40. The average Bonchev–Trinajstić information content (AvgIpc) is 2.83. The molecule has 4 nitrogen and oxygen atoms in total. The molecule has 3 heterocycles. The van der Waals surface area contributed by atoms with Gasteiger partial charge in [0.05, 0.1) is 11.7 Å². The van der Waals surface area contributed by atoms with Crippen LogP contribution in [0.15, 0.2) is 85.1 Å². The number of rotatable bonds is 4. The molecule has 31 heavy (non-hydrogen) atoms. The molecule has 1 amide bonds. The number of benzene rings is 2. The van der Waals surface area contributed by atoms with Crippen molar-refractivity contribution < 1.29 is 9.53 Å². The molecule has 2 aromatic carbocycles. The fourth-order valence-corrected chi connectivity index (χ4v) is 4.71. The summed E-state index contributed by atoms with van der Waals surface area (Å²) in [7, 11) is 0. The Morgan fingerprint density at radius 3 is 2.45 bits per heavy atom.